The van der Waals surface area contributed by atoms with E-state index in [1.807, 2.05) is 13.0 Å². The molecule has 1 aliphatic rings. The number of rotatable bonds is 5. The van der Waals surface area contributed by atoms with Crippen molar-refractivity contribution in [3.63, 3.8) is 0 Å². The Bertz CT molecular complexity index is 1160. The summed E-state index contributed by atoms with van der Waals surface area (Å²) >= 11 is 0. The number of hydrogen-bond acceptors (Lipinski definition) is 6. The van der Waals surface area contributed by atoms with Gasteiger partial charge in [-0.2, -0.15) is 8.42 Å². The van der Waals surface area contributed by atoms with Crippen molar-refractivity contribution in [3.8, 4) is 11.5 Å². The molecule has 3 aromatic rings. The van der Waals surface area contributed by atoms with Gasteiger partial charge in [-0.1, -0.05) is 48.0 Å². The van der Waals surface area contributed by atoms with Gasteiger partial charge in [-0.05, 0) is 48.9 Å². The molecule has 7 nitrogen and oxygen atoms in total. The first-order valence-corrected chi connectivity index (χ1v) is 11.6. The molecule has 0 aromatic heterocycles. The average molecular weight is 454 g/mol. The summed E-state index contributed by atoms with van der Waals surface area (Å²) in [7, 11) is -3.92. The van der Waals surface area contributed by atoms with E-state index in [4.69, 9.17) is 13.7 Å². The van der Waals surface area contributed by atoms with Crippen molar-refractivity contribution in [2.24, 2.45) is 0 Å². The van der Waals surface area contributed by atoms with Crippen LogP contribution in [0.25, 0.3) is 0 Å². The zero-order chi connectivity index (χ0) is 22.6. The third kappa shape index (κ3) is 5.27. The molecule has 32 heavy (non-hydrogen) atoms. The number of benzene rings is 3. The van der Waals surface area contributed by atoms with Crippen LogP contribution in [0.15, 0.2) is 83.8 Å². The molecule has 0 N–H and O–H groups in total. The maximum absolute atomic E-state index is 12.5. The van der Waals surface area contributed by atoms with Crippen LogP contribution in [0.4, 0.5) is 4.79 Å². The van der Waals surface area contributed by atoms with Crippen LogP contribution in [-0.4, -0.2) is 39.1 Å². The minimum Gasteiger partial charge on any atom is -0.410 e. The fraction of sp³-hybridized carbons (Fsp3) is 0.208. The molecule has 4 rings (SSSR count). The van der Waals surface area contributed by atoms with Crippen molar-refractivity contribution in [1.29, 1.82) is 0 Å². The molecule has 166 valence electrons. The van der Waals surface area contributed by atoms with Gasteiger partial charge in [0.05, 0.1) is 13.2 Å². The first-order chi connectivity index (χ1) is 15.4. The van der Waals surface area contributed by atoms with E-state index in [1.165, 1.54) is 12.1 Å². The SMILES string of the molecule is Cc1ccc(S(=O)(=O)Oc2ccc([C@@H]3CN(C(=O)Oc4ccccc4)CCO3)cc2)cc1. The largest absolute Gasteiger partial charge is 0.415 e. The summed E-state index contributed by atoms with van der Waals surface area (Å²) in [5, 5.41) is 0. The Labute approximate surface area is 187 Å². The van der Waals surface area contributed by atoms with Gasteiger partial charge in [0, 0.05) is 6.54 Å². The molecule has 1 heterocycles. The standard InChI is InChI=1S/C24H23NO6S/c1-18-7-13-22(14-8-18)32(27,28)31-21-11-9-19(10-12-21)23-17-25(15-16-29-23)24(26)30-20-5-3-2-4-6-20/h2-14,23H,15-17H2,1H3/t23-/m0/s1. The van der Waals surface area contributed by atoms with Gasteiger partial charge >= 0.3 is 16.2 Å². The van der Waals surface area contributed by atoms with Crippen molar-refractivity contribution in [3.05, 3.63) is 90.0 Å². The number of aryl methyl sites for hydroxylation is 1. The van der Waals surface area contributed by atoms with Crippen LogP contribution in [0.3, 0.4) is 0 Å². The number of carbonyl (C=O) groups is 1. The van der Waals surface area contributed by atoms with Crippen LogP contribution in [-0.2, 0) is 14.9 Å². The summed E-state index contributed by atoms with van der Waals surface area (Å²) in [6.07, 6.45) is -0.788. The van der Waals surface area contributed by atoms with Crippen molar-refractivity contribution in [2.45, 2.75) is 17.9 Å². The summed E-state index contributed by atoms with van der Waals surface area (Å²) in [6.45, 7) is 3.01. The maximum Gasteiger partial charge on any atom is 0.415 e. The minimum atomic E-state index is -3.92. The third-order valence-electron chi connectivity index (χ3n) is 5.04. The van der Waals surface area contributed by atoms with Crippen molar-refractivity contribution in [1.82, 2.24) is 4.90 Å². The van der Waals surface area contributed by atoms with Crippen LogP contribution >= 0.6 is 0 Å². The molecule has 3 aromatic carbocycles. The molecule has 0 aliphatic carbocycles. The molecule has 8 heteroatoms. The van der Waals surface area contributed by atoms with E-state index in [1.54, 1.807) is 65.6 Å². The van der Waals surface area contributed by atoms with E-state index in [9.17, 15) is 13.2 Å². The van der Waals surface area contributed by atoms with E-state index in [-0.39, 0.29) is 16.7 Å². The van der Waals surface area contributed by atoms with Crippen LogP contribution < -0.4 is 8.92 Å². The van der Waals surface area contributed by atoms with Gasteiger partial charge in [0.15, 0.2) is 0 Å². The van der Waals surface area contributed by atoms with Crippen LogP contribution in [0.1, 0.15) is 17.2 Å². The molecule has 1 aliphatic heterocycles. The first-order valence-electron chi connectivity index (χ1n) is 10.2. The highest BCUT2D eigenvalue weighted by molar-refractivity contribution is 7.87. The molecule has 0 unspecified atom stereocenters. The van der Waals surface area contributed by atoms with Gasteiger partial charge in [0.2, 0.25) is 0 Å². The molecule has 0 radical (unpaired) electrons. The summed E-state index contributed by atoms with van der Waals surface area (Å²) in [5.41, 5.74) is 1.77. The predicted octanol–water partition coefficient (Wildman–Crippen LogP) is 4.34. The Morgan fingerprint density at radius 3 is 2.31 bits per heavy atom. The zero-order valence-electron chi connectivity index (χ0n) is 17.5. The number of amides is 1. The van der Waals surface area contributed by atoms with Gasteiger partial charge in [0.1, 0.15) is 22.5 Å². The smallest absolute Gasteiger partial charge is 0.410 e. The highest BCUT2D eigenvalue weighted by Crippen LogP contribution is 2.26. The molecule has 0 bridgehead atoms. The fourth-order valence-electron chi connectivity index (χ4n) is 3.29. The molecule has 1 saturated heterocycles. The highest BCUT2D eigenvalue weighted by Gasteiger charge is 2.27. The Morgan fingerprint density at radius 2 is 1.62 bits per heavy atom. The topological polar surface area (TPSA) is 82.1 Å². The number of carbonyl (C=O) groups excluding carboxylic acids is 1. The van der Waals surface area contributed by atoms with E-state index in [2.05, 4.69) is 0 Å². The average Bonchev–Trinajstić information content (AvgIpc) is 2.80. The molecular weight excluding hydrogens is 430 g/mol. The number of ether oxygens (including phenoxy) is 2. The Balaban J connectivity index is 1.40. The number of hydrogen-bond donors (Lipinski definition) is 0. The second-order valence-electron chi connectivity index (χ2n) is 7.41. The van der Waals surface area contributed by atoms with Crippen molar-refractivity contribution in [2.75, 3.05) is 19.7 Å². The quantitative estimate of drug-likeness (QED) is 0.535. The Hall–Kier alpha value is -3.36. The monoisotopic (exact) mass is 453 g/mol. The number of para-hydroxylation sites is 1. The summed E-state index contributed by atoms with van der Waals surface area (Å²) in [5.74, 6) is 0.683. The predicted molar refractivity (Wildman–Crippen MR) is 118 cm³/mol. The first kappa shape index (κ1) is 21.9. The number of nitrogens with zero attached hydrogens (tertiary/aromatic N) is 1. The van der Waals surface area contributed by atoms with Crippen LogP contribution in [0, 0.1) is 6.92 Å². The minimum absolute atomic E-state index is 0.0929. The van der Waals surface area contributed by atoms with Gasteiger partial charge in [-0.3, -0.25) is 0 Å². The third-order valence-corrected chi connectivity index (χ3v) is 6.30. The van der Waals surface area contributed by atoms with Crippen molar-refractivity contribution < 1.29 is 26.9 Å². The van der Waals surface area contributed by atoms with Gasteiger partial charge in [0.25, 0.3) is 0 Å². The Morgan fingerprint density at radius 1 is 0.938 bits per heavy atom. The molecule has 0 saturated carbocycles. The van der Waals surface area contributed by atoms with Gasteiger partial charge in [-0.15, -0.1) is 0 Å². The van der Waals surface area contributed by atoms with Crippen LogP contribution in [0.5, 0.6) is 11.5 Å². The molecule has 0 spiro atoms. The number of morpholine rings is 1. The van der Waals surface area contributed by atoms with Gasteiger partial charge in [-0.25, -0.2) is 4.79 Å². The van der Waals surface area contributed by atoms with E-state index in [0.29, 0.717) is 25.4 Å². The lowest BCUT2D eigenvalue weighted by Gasteiger charge is -2.32. The lowest BCUT2D eigenvalue weighted by Crippen LogP contribution is -2.43. The Kier molecular flexibility index (Phi) is 6.43. The highest BCUT2D eigenvalue weighted by atomic mass is 32.2. The van der Waals surface area contributed by atoms with E-state index < -0.39 is 16.2 Å². The molecule has 1 fully saturated rings. The molecule has 1 atom stereocenters. The van der Waals surface area contributed by atoms with Crippen molar-refractivity contribution >= 4 is 16.2 Å². The second kappa shape index (κ2) is 9.42. The maximum atomic E-state index is 12.5. The summed E-state index contributed by atoms with van der Waals surface area (Å²) in [6, 6.07) is 22.0. The lowest BCUT2D eigenvalue weighted by molar-refractivity contribution is -0.0218. The lowest BCUT2D eigenvalue weighted by atomic mass is 10.1. The normalized spacial score (nSPS) is 16.4. The molecular formula is C24H23NO6S. The second-order valence-corrected chi connectivity index (χ2v) is 8.95. The summed E-state index contributed by atoms with van der Waals surface area (Å²) in [4.78, 5) is 14.2. The molecule has 1 amide bonds. The fourth-order valence-corrected chi connectivity index (χ4v) is 4.22. The summed E-state index contributed by atoms with van der Waals surface area (Å²) < 4.78 is 41.4. The van der Waals surface area contributed by atoms with Gasteiger partial charge < -0.3 is 18.6 Å². The van der Waals surface area contributed by atoms with E-state index in [0.717, 1.165) is 11.1 Å². The van der Waals surface area contributed by atoms with E-state index >= 15 is 0 Å². The van der Waals surface area contributed by atoms with Crippen LogP contribution in [0.2, 0.25) is 0 Å². The zero-order valence-corrected chi connectivity index (χ0v) is 18.3.